The average molecular weight is 418 g/mol. The Morgan fingerprint density at radius 3 is 2.64 bits per heavy atom. The van der Waals surface area contributed by atoms with Crippen molar-refractivity contribution in [3.8, 4) is 0 Å². The molecule has 0 spiro atoms. The van der Waals surface area contributed by atoms with Gasteiger partial charge in [0, 0.05) is 11.6 Å². The van der Waals surface area contributed by atoms with Gasteiger partial charge in [-0.1, -0.05) is 22.7 Å². The number of halogens is 1. The van der Waals surface area contributed by atoms with E-state index in [1.165, 1.54) is 29.7 Å². The highest BCUT2D eigenvalue weighted by Crippen LogP contribution is 2.42. The molecular weight excluding hydrogens is 403 g/mol. The third-order valence-corrected chi connectivity index (χ3v) is 5.97. The molecule has 0 saturated heterocycles. The summed E-state index contributed by atoms with van der Waals surface area (Å²) in [6.07, 6.45) is 3.50. The summed E-state index contributed by atoms with van der Waals surface area (Å²) in [5.41, 5.74) is 6.13. The monoisotopic (exact) mass is 418 g/mol. The number of thiazole rings is 1. The van der Waals surface area contributed by atoms with Crippen LogP contribution in [-0.4, -0.2) is 27.0 Å². The number of nitrogens with zero attached hydrogens (tertiary/aromatic N) is 3. The number of nitrogens with two attached hydrogens (primary N) is 1. The Labute approximate surface area is 167 Å². The number of benzene rings is 1. The topological polar surface area (TPSA) is 123 Å². The van der Waals surface area contributed by atoms with Gasteiger partial charge in [0.05, 0.1) is 11.8 Å². The normalized spacial score (nSPS) is 13.4. The summed E-state index contributed by atoms with van der Waals surface area (Å²) in [5.74, 6) is -1.37. The number of nitrogen functional groups attached to an aromatic ring is 1. The Morgan fingerprint density at radius 1 is 1.18 bits per heavy atom. The predicted octanol–water partition coefficient (Wildman–Crippen LogP) is 3.41. The van der Waals surface area contributed by atoms with E-state index in [0.29, 0.717) is 27.2 Å². The third kappa shape index (κ3) is 3.85. The molecule has 0 radical (unpaired) electrons. The van der Waals surface area contributed by atoms with E-state index in [1.54, 1.807) is 6.92 Å². The standard InChI is InChI=1S/C17H15FN6O2S2/c1-7-4-10(18)9(5-11(7)21-14(26)12-6-20-16(19)27-12)13(25)22-17-24-23-15(28-17)8-2-3-8/h4-6,8H,2-3H2,1H3,(H2,19,20)(H,21,26)(H,22,24,25). The fourth-order valence-corrected chi connectivity index (χ4v) is 3.99. The van der Waals surface area contributed by atoms with E-state index in [-0.39, 0.29) is 10.7 Å². The van der Waals surface area contributed by atoms with E-state index in [0.717, 1.165) is 29.2 Å². The molecule has 0 atom stereocenters. The summed E-state index contributed by atoms with van der Waals surface area (Å²) in [4.78, 5) is 28.9. The molecule has 0 bridgehead atoms. The number of nitrogens with one attached hydrogen (secondary N) is 2. The van der Waals surface area contributed by atoms with Gasteiger partial charge in [-0.2, -0.15) is 0 Å². The second-order valence-corrected chi connectivity index (χ2v) is 8.41. The molecule has 28 heavy (non-hydrogen) atoms. The van der Waals surface area contributed by atoms with Crippen LogP contribution in [0.3, 0.4) is 0 Å². The van der Waals surface area contributed by atoms with Gasteiger partial charge in [0.1, 0.15) is 15.7 Å². The fourth-order valence-electron chi connectivity index (χ4n) is 2.50. The Morgan fingerprint density at radius 2 is 1.96 bits per heavy atom. The van der Waals surface area contributed by atoms with Gasteiger partial charge in [-0.05, 0) is 37.5 Å². The number of anilines is 3. The van der Waals surface area contributed by atoms with Gasteiger partial charge in [-0.15, -0.1) is 10.2 Å². The van der Waals surface area contributed by atoms with Gasteiger partial charge in [-0.25, -0.2) is 9.37 Å². The van der Waals surface area contributed by atoms with Crippen molar-refractivity contribution >= 4 is 50.4 Å². The minimum Gasteiger partial charge on any atom is -0.375 e. The number of aromatic nitrogens is 3. The number of amides is 2. The average Bonchev–Trinajstić information content (AvgIpc) is 3.24. The number of carbonyl (C=O) groups is 2. The lowest BCUT2D eigenvalue weighted by atomic mass is 10.1. The molecule has 144 valence electrons. The summed E-state index contributed by atoms with van der Waals surface area (Å²) in [5, 5.41) is 14.7. The van der Waals surface area contributed by atoms with Crippen LogP contribution in [-0.2, 0) is 0 Å². The molecule has 4 rings (SSSR count). The number of aryl methyl sites for hydroxylation is 1. The molecule has 0 unspecified atom stereocenters. The van der Waals surface area contributed by atoms with Crippen molar-refractivity contribution in [3.63, 3.8) is 0 Å². The molecule has 0 aliphatic heterocycles. The van der Waals surface area contributed by atoms with Crippen molar-refractivity contribution < 1.29 is 14.0 Å². The molecule has 1 saturated carbocycles. The molecule has 1 fully saturated rings. The van der Waals surface area contributed by atoms with E-state index in [1.807, 2.05) is 0 Å². The molecule has 8 nitrogen and oxygen atoms in total. The van der Waals surface area contributed by atoms with Gasteiger partial charge >= 0.3 is 0 Å². The minimum atomic E-state index is -0.693. The highest BCUT2D eigenvalue weighted by molar-refractivity contribution is 7.17. The van der Waals surface area contributed by atoms with Crippen molar-refractivity contribution in [1.29, 1.82) is 0 Å². The second kappa shape index (κ2) is 7.24. The Balaban J connectivity index is 1.53. The number of hydrogen-bond donors (Lipinski definition) is 3. The van der Waals surface area contributed by atoms with Crippen LogP contribution in [0.15, 0.2) is 18.3 Å². The minimum absolute atomic E-state index is 0.201. The largest absolute Gasteiger partial charge is 0.375 e. The summed E-state index contributed by atoms with van der Waals surface area (Å²) in [6.45, 7) is 1.63. The first-order valence-corrected chi connectivity index (χ1v) is 10.0. The molecule has 1 aromatic carbocycles. The Hall–Kier alpha value is -2.92. The van der Waals surface area contributed by atoms with Crippen molar-refractivity contribution in [3.05, 3.63) is 45.2 Å². The van der Waals surface area contributed by atoms with E-state index in [4.69, 9.17) is 5.73 Å². The first-order valence-electron chi connectivity index (χ1n) is 8.38. The van der Waals surface area contributed by atoms with E-state index in [2.05, 4.69) is 25.8 Å². The lowest BCUT2D eigenvalue weighted by Crippen LogP contribution is -2.16. The van der Waals surface area contributed by atoms with Crippen molar-refractivity contribution in [1.82, 2.24) is 15.2 Å². The zero-order valence-corrected chi connectivity index (χ0v) is 16.3. The van der Waals surface area contributed by atoms with E-state index >= 15 is 0 Å². The summed E-state index contributed by atoms with van der Waals surface area (Å²) in [6, 6.07) is 2.49. The fraction of sp³-hybridized carbons (Fsp3) is 0.235. The maximum Gasteiger partial charge on any atom is 0.267 e. The smallest absolute Gasteiger partial charge is 0.267 e. The summed E-state index contributed by atoms with van der Waals surface area (Å²) < 4.78 is 14.4. The van der Waals surface area contributed by atoms with Crippen LogP contribution in [0, 0.1) is 12.7 Å². The van der Waals surface area contributed by atoms with E-state index < -0.39 is 17.6 Å². The number of hydrogen-bond acceptors (Lipinski definition) is 8. The predicted molar refractivity (Wildman–Crippen MR) is 105 cm³/mol. The molecule has 1 aliphatic rings. The van der Waals surface area contributed by atoms with Crippen LogP contribution < -0.4 is 16.4 Å². The summed E-state index contributed by atoms with van der Waals surface area (Å²) in [7, 11) is 0. The lowest BCUT2D eigenvalue weighted by Gasteiger charge is -2.11. The van der Waals surface area contributed by atoms with Gasteiger partial charge in [-0.3, -0.25) is 14.9 Å². The molecule has 2 heterocycles. The Bertz CT molecular complexity index is 1080. The van der Waals surface area contributed by atoms with Gasteiger partial charge < -0.3 is 11.1 Å². The third-order valence-electron chi connectivity index (χ3n) is 4.14. The van der Waals surface area contributed by atoms with Crippen LogP contribution in [0.1, 0.15) is 49.4 Å². The van der Waals surface area contributed by atoms with E-state index in [9.17, 15) is 14.0 Å². The highest BCUT2D eigenvalue weighted by Gasteiger charge is 2.28. The molecule has 4 N–H and O–H groups in total. The maximum absolute atomic E-state index is 14.4. The van der Waals surface area contributed by atoms with Crippen LogP contribution in [0.5, 0.6) is 0 Å². The van der Waals surface area contributed by atoms with Crippen LogP contribution >= 0.6 is 22.7 Å². The first kappa shape index (κ1) is 18.4. The summed E-state index contributed by atoms with van der Waals surface area (Å²) >= 11 is 2.32. The second-order valence-electron chi connectivity index (χ2n) is 6.34. The molecule has 2 aromatic heterocycles. The quantitative estimate of drug-likeness (QED) is 0.583. The van der Waals surface area contributed by atoms with Gasteiger partial charge in [0.15, 0.2) is 5.13 Å². The number of carbonyl (C=O) groups excluding carboxylic acids is 2. The van der Waals surface area contributed by atoms with Gasteiger partial charge in [0.25, 0.3) is 11.8 Å². The maximum atomic E-state index is 14.4. The zero-order chi connectivity index (χ0) is 19.8. The molecule has 1 aliphatic carbocycles. The van der Waals surface area contributed by atoms with Crippen LogP contribution in [0.25, 0.3) is 0 Å². The van der Waals surface area contributed by atoms with Crippen molar-refractivity contribution in [2.75, 3.05) is 16.4 Å². The number of rotatable bonds is 5. The first-order chi connectivity index (χ1) is 13.4. The zero-order valence-electron chi connectivity index (χ0n) is 14.7. The molecule has 3 aromatic rings. The lowest BCUT2D eigenvalue weighted by molar-refractivity contribution is 0.101. The highest BCUT2D eigenvalue weighted by atomic mass is 32.1. The Kier molecular flexibility index (Phi) is 4.77. The molecule has 2 amide bonds. The SMILES string of the molecule is Cc1cc(F)c(C(=O)Nc2nnc(C3CC3)s2)cc1NC(=O)c1cnc(N)s1. The van der Waals surface area contributed by atoms with Crippen LogP contribution in [0.2, 0.25) is 0 Å². The van der Waals surface area contributed by atoms with Crippen LogP contribution in [0.4, 0.5) is 20.3 Å². The van der Waals surface area contributed by atoms with Gasteiger partial charge in [0.2, 0.25) is 5.13 Å². The van der Waals surface area contributed by atoms with Crippen molar-refractivity contribution in [2.45, 2.75) is 25.7 Å². The molecule has 11 heteroatoms. The molecular formula is C17H15FN6O2S2. The van der Waals surface area contributed by atoms with Crippen molar-refractivity contribution in [2.24, 2.45) is 0 Å².